The Kier molecular flexibility index (Phi) is 6.18. The van der Waals surface area contributed by atoms with Crippen LogP contribution in [-0.4, -0.2) is 48.8 Å². The molecule has 0 atom stereocenters. The van der Waals surface area contributed by atoms with Crippen molar-refractivity contribution in [3.8, 4) is 0 Å². The van der Waals surface area contributed by atoms with Crippen molar-refractivity contribution in [2.45, 2.75) is 19.9 Å². The molecular formula is C15H23N3O2. The van der Waals surface area contributed by atoms with Gasteiger partial charge in [-0.15, -0.1) is 0 Å². The molecular weight excluding hydrogens is 254 g/mol. The molecule has 1 aromatic carbocycles. The Hall–Kier alpha value is -1.88. The number of amides is 2. The van der Waals surface area contributed by atoms with Gasteiger partial charge in [0.25, 0.3) is 0 Å². The normalized spacial score (nSPS) is 10.2. The summed E-state index contributed by atoms with van der Waals surface area (Å²) in [4.78, 5) is 26.9. The highest BCUT2D eigenvalue weighted by molar-refractivity contribution is 5.85. The lowest BCUT2D eigenvalue weighted by Crippen LogP contribution is -2.40. The van der Waals surface area contributed by atoms with Gasteiger partial charge in [-0.1, -0.05) is 24.3 Å². The summed E-state index contributed by atoms with van der Waals surface area (Å²) in [6, 6.07) is 7.65. The van der Waals surface area contributed by atoms with Crippen LogP contribution in [0, 0.1) is 0 Å². The van der Waals surface area contributed by atoms with Crippen LogP contribution in [0.3, 0.4) is 0 Å². The number of hydrogen-bond donors (Lipinski definition) is 1. The van der Waals surface area contributed by atoms with E-state index < -0.39 is 0 Å². The van der Waals surface area contributed by atoms with Gasteiger partial charge in [0.2, 0.25) is 11.8 Å². The van der Waals surface area contributed by atoms with Gasteiger partial charge in [0.1, 0.15) is 0 Å². The third-order valence-electron chi connectivity index (χ3n) is 3.17. The first-order chi connectivity index (χ1) is 9.47. The third kappa shape index (κ3) is 4.66. The molecule has 1 rings (SSSR count). The quantitative estimate of drug-likeness (QED) is 0.829. The fourth-order valence-electron chi connectivity index (χ4n) is 1.76. The molecule has 0 radical (unpaired) electrons. The van der Waals surface area contributed by atoms with E-state index in [2.05, 4.69) is 0 Å². The van der Waals surface area contributed by atoms with Crippen molar-refractivity contribution in [1.29, 1.82) is 0 Å². The minimum Gasteiger partial charge on any atom is -0.347 e. The standard InChI is InChI=1S/C15H23N3O2/c1-4-18(11-15(20)17(2)3)14(19)9-12-5-7-13(10-16)8-6-12/h5-8H,4,9-11,16H2,1-3H3. The van der Waals surface area contributed by atoms with Crippen LogP contribution in [0.25, 0.3) is 0 Å². The second kappa shape index (κ2) is 7.65. The zero-order chi connectivity index (χ0) is 15.1. The molecule has 2 N–H and O–H groups in total. The summed E-state index contributed by atoms with van der Waals surface area (Å²) in [5.41, 5.74) is 7.51. The molecule has 0 bridgehead atoms. The van der Waals surface area contributed by atoms with Crippen LogP contribution in [0.2, 0.25) is 0 Å². The molecule has 110 valence electrons. The molecule has 5 nitrogen and oxygen atoms in total. The SMILES string of the molecule is CCN(CC(=O)N(C)C)C(=O)Cc1ccc(CN)cc1. The first-order valence-electron chi connectivity index (χ1n) is 6.73. The second-order valence-corrected chi connectivity index (χ2v) is 4.89. The summed E-state index contributed by atoms with van der Waals surface area (Å²) >= 11 is 0. The maximum atomic E-state index is 12.2. The fourth-order valence-corrected chi connectivity index (χ4v) is 1.76. The van der Waals surface area contributed by atoms with Crippen molar-refractivity contribution >= 4 is 11.8 Å². The van der Waals surface area contributed by atoms with Crippen LogP contribution < -0.4 is 5.73 Å². The van der Waals surface area contributed by atoms with E-state index in [1.54, 1.807) is 19.0 Å². The Morgan fingerprint density at radius 3 is 2.05 bits per heavy atom. The number of rotatable bonds is 6. The maximum Gasteiger partial charge on any atom is 0.241 e. The van der Waals surface area contributed by atoms with Crippen molar-refractivity contribution in [2.24, 2.45) is 5.73 Å². The van der Waals surface area contributed by atoms with Gasteiger partial charge in [-0.25, -0.2) is 0 Å². The summed E-state index contributed by atoms with van der Waals surface area (Å²) in [5, 5.41) is 0. The van der Waals surface area contributed by atoms with Crippen molar-refractivity contribution in [3.05, 3.63) is 35.4 Å². The summed E-state index contributed by atoms with van der Waals surface area (Å²) in [6.07, 6.45) is 0.305. The molecule has 0 aliphatic heterocycles. The Labute approximate surface area is 120 Å². The lowest BCUT2D eigenvalue weighted by molar-refractivity contribution is -0.138. The van der Waals surface area contributed by atoms with Crippen molar-refractivity contribution < 1.29 is 9.59 Å². The molecule has 0 heterocycles. The van der Waals surface area contributed by atoms with E-state index in [0.29, 0.717) is 19.5 Å². The molecule has 1 aromatic rings. The molecule has 0 fully saturated rings. The van der Waals surface area contributed by atoms with E-state index >= 15 is 0 Å². The fraction of sp³-hybridized carbons (Fsp3) is 0.467. The molecule has 0 saturated heterocycles. The molecule has 0 aliphatic carbocycles. The smallest absolute Gasteiger partial charge is 0.241 e. The predicted octanol–water partition coefficient (Wildman–Crippen LogP) is 0.625. The molecule has 0 aromatic heterocycles. The minimum absolute atomic E-state index is 0.0387. The first-order valence-corrected chi connectivity index (χ1v) is 6.73. The number of nitrogens with two attached hydrogens (primary N) is 1. The summed E-state index contributed by atoms with van der Waals surface area (Å²) < 4.78 is 0. The summed E-state index contributed by atoms with van der Waals surface area (Å²) in [7, 11) is 3.37. The number of benzene rings is 1. The second-order valence-electron chi connectivity index (χ2n) is 4.89. The number of likely N-dealkylation sites (N-methyl/N-ethyl adjacent to an activating group) is 2. The van der Waals surface area contributed by atoms with Gasteiger partial charge in [0.05, 0.1) is 13.0 Å². The lowest BCUT2D eigenvalue weighted by atomic mass is 10.1. The number of hydrogen-bond acceptors (Lipinski definition) is 3. The first kappa shape index (κ1) is 16.2. The molecule has 0 saturated carbocycles. The highest BCUT2D eigenvalue weighted by atomic mass is 16.2. The largest absolute Gasteiger partial charge is 0.347 e. The van der Waals surface area contributed by atoms with E-state index in [4.69, 9.17) is 5.73 Å². The monoisotopic (exact) mass is 277 g/mol. The molecule has 0 unspecified atom stereocenters. The van der Waals surface area contributed by atoms with Crippen LogP contribution in [-0.2, 0) is 22.6 Å². The van der Waals surface area contributed by atoms with E-state index in [1.807, 2.05) is 31.2 Å². The summed E-state index contributed by atoms with van der Waals surface area (Å²) in [6.45, 7) is 3.02. The van der Waals surface area contributed by atoms with E-state index in [9.17, 15) is 9.59 Å². The summed E-state index contributed by atoms with van der Waals surface area (Å²) in [5.74, 6) is -0.109. The Morgan fingerprint density at radius 1 is 1.05 bits per heavy atom. The predicted molar refractivity (Wildman–Crippen MR) is 79.0 cm³/mol. The van der Waals surface area contributed by atoms with E-state index in [1.165, 1.54) is 4.90 Å². The van der Waals surface area contributed by atoms with Crippen molar-refractivity contribution in [3.63, 3.8) is 0 Å². The number of nitrogens with zero attached hydrogens (tertiary/aromatic N) is 2. The van der Waals surface area contributed by atoms with Gasteiger partial charge in [0, 0.05) is 27.2 Å². The highest BCUT2D eigenvalue weighted by Crippen LogP contribution is 2.06. The zero-order valence-corrected chi connectivity index (χ0v) is 12.4. The van der Waals surface area contributed by atoms with Crippen LogP contribution in [0.15, 0.2) is 24.3 Å². The van der Waals surface area contributed by atoms with Crippen LogP contribution in [0.4, 0.5) is 0 Å². The van der Waals surface area contributed by atoms with Gasteiger partial charge in [0.15, 0.2) is 0 Å². The molecule has 20 heavy (non-hydrogen) atoms. The van der Waals surface area contributed by atoms with Gasteiger partial charge in [-0.2, -0.15) is 0 Å². The van der Waals surface area contributed by atoms with Gasteiger partial charge in [-0.05, 0) is 18.1 Å². The Balaban J connectivity index is 2.64. The zero-order valence-electron chi connectivity index (χ0n) is 12.4. The van der Waals surface area contributed by atoms with E-state index in [0.717, 1.165) is 11.1 Å². The topological polar surface area (TPSA) is 66.6 Å². The Bertz CT molecular complexity index is 455. The average Bonchev–Trinajstić information content (AvgIpc) is 2.44. The molecule has 5 heteroatoms. The molecule has 0 spiro atoms. The average molecular weight is 277 g/mol. The minimum atomic E-state index is -0.0707. The molecule has 0 aliphatic rings. The van der Waals surface area contributed by atoms with Gasteiger partial charge in [-0.3, -0.25) is 9.59 Å². The maximum absolute atomic E-state index is 12.2. The third-order valence-corrected chi connectivity index (χ3v) is 3.17. The van der Waals surface area contributed by atoms with Crippen molar-refractivity contribution in [2.75, 3.05) is 27.2 Å². The number of carbonyl (C=O) groups excluding carboxylic acids is 2. The van der Waals surface area contributed by atoms with E-state index in [-0.39, 0.29) is 18.4 Å². The highest BCUT2D eigenvalue weighted by Gasteiger charge is 2.16. The number of carbonyl (C=O) groups is 2. The van der Waals surface area contributed by atoms with Crippen LogP contribution in [0.5, 0.6) is 0 Å². The Morgan fingerprint density at radius 2 is 1.60 bits per heavy atom. The van der Waals surface area contributed by atoms with Gasteiger partial charge < -0.3 is 15.5 Å². The van der Waals surface area contributed by atoms with Crippen LogP contribution in [0.1, 0.15) is 18.1 Å². The van der Waals surface area contributed by atoms with Crippen LogP contribution >= 0.6 is 0 Å². The lowest BCUT2D eigenvalue weighted by Gasteiger charge is -2.22. The van der Waals surface area contributed by atoms with Crippen molar-refractivity contribution in [1.82, 2.24) is 9.80 Å². The molecule has 2 amide bonds. The van der Waals surface area contributed by atoms with Gasteiger partial charge >= 0.3 is 0 Å².